The number of hydrogen-bond donors (Lipinski definition) is 3. The van der Waals surface area contributed by atoms with Gasteiger partial charge in [0.15, 0.2) is 5.75 Å². The highest BCUT2D eigenvalue weighted by molar-refractivity contribution is 7.91. The average Bonchev–Trinajstić information content (AvgIpc) is 2.52. The normalized spacial score (nSPS) is 11.3. The van der Waals surface area contributed by atoms with E-state index in [1.807, 2.05) is 0 Å². The average molecular weight is 376 g/mol. The fourth-order valence-corrected chi connectivity index (χ4v) is 3.17. The summed E-state index contributed by atoms with van der Waals surface area (Å²) in [5.41, 5.74) is 0.0425. The predicted octanol–water partition coefficient (Wildman–Crippen LogP) is 2.67. The molecule has 0 aliphatic heterocycles. The SMILES string of the molecule is O=C(Nc1ccccc1S(=O)(=O)CO)c1cc(Cl)c(O)c(Cl)c1. The van der Waals surface area contributed by atoms with Crippen LogP contribution in [-0.2, 0) is 9.84 Å². The van der Waals surface area contributed by atoms with E-state index in [1.54, 1.807) is 0 Å². The summed E-state index contributed by atoms with van der Waals surface area (Å²) in [6, 6.07) is 8.03. The molecule has 2 rings (SSSR count). The zero-order chi connectivity index (χ0) is 17.2. The van der Waals surface area contributed by atoms with Gasteiger partial charge in [0.1, 0.15) is 5.94 Å². The Kier molecular flexibility index (Phi) is 5.16. The van der Waals surface area contributed by atoms with Crippen molar-refractivity contribution in [2.24, 2.45) is 0 Å². The summed E-state index contributed by atoms with van der Waals surface area (Å²) < 4.78 is 23.6. The van der Waals surface area contributed by atoms with E-state index < -0.39 is 21.7 Å². The van der Waals surface area contributed by atoms with Crippen LogP contribution >= 0.6 is 23.2 Å². The quantitative estimate of drug-likeness (QED) is 0.761. The number of sulfone groups is 1. The molecule has 0 radical (unpaired) electrons. The molecule has 122 valence electrons. The number of aromatic hydroxyl groups is 1. The number of aliphatic hydroxyl groups excluding tert-OH is 1. The minimum absolute atomic E-state index is 0.00636. The second-order valence-corrected chi connectivity index (χ2v) is 7.22. The highest BCUT2D eigenvalue weighted by atomic mass is 35.5. The molecule has 3 N–H and O–H groups in total. The van der Waals surface area contributed by atoms with Crippen molar-refractivity contribution < 1.29 is 23.4 Å². The van der Waals surface area contributed by atoms with Crippen molar-refractivity contribution in [3.05, 3.63) is 52.0 Å². The highest BCUT2D eigenvalue weighted by Gasteiger charge is 2.19. The molecule has 23 heavy (non-hydrogen) atoms. The van der Waals surface area contributed by atoms with Crippen LogP contribution in [0.15, 0.2) is 41.3 Å². The number of halogens is 2. The lowest BCUT2D eigenvalue weighted by Gasteiger charge is -2.11. The molecule has 0 saturated carbocycles. The number of carbonyl (C=O) groups excluding carboxylic acids is 1. The fraction of sp³-hybridized carbons (Fsp3) is 0.0714. The van der Waals surface area contributed by atoms with Crippen LogP contribution in [0, 0.1) is 0 Å². The van der Waals surface area contributed by atoms with Gasteiger partial charge >= 0.3 is 0 Å². The zero-order valence-electron chi connectivity index (χ0n) is 11.5. The van der Waals surface area contributed by atoms with Gasteiger partial charge in [-0.05, 0) is 24.3 Å². The van der Waals surface area contributed by atoms with Crippen LogP contribution in [0.1, 0.15) is 10.4 Å². The molecule has 0 heterocycles. The molecule has 0 atom stereocenters. The first kappa shape index (κ1) is 17.6. The van der Waals surface area contributed by atoms with Crippen molar-refractivity contribution in [1.29, 1.82) is 0 Å². The van der Waals surface area contributed by atoms with Gasteiger partial charge in [0, 0.05) is 5.56 Å². The summed E-state index contributed by atoms with van der Waals surface area (Å²) >= 11 is 11.5. The number of rotatable bonds is 4. The van der Waals surface area contributed by atoms with E-state index in [1.165, 1.54) is 36.4 Å². The number of benzene rings is 2. The first-order valence-electron chi connectivity index (χ1n) is 6.18. The number of aliphatic hydroxyl groups is 1. The van der Waals surface area contributed by atoms with Crippen LogP contribution in [0.25, 0.3) is 0 Å². The van der Waals surface area contributed by atoms with Crippen LogP contribution in [0.3, 0.4) is 0 Å². The number of phenolic OH excluding ortho intramolecular Hbond substituents is 1. The minimum atomic E-state index is -3.93. The van der Waals surface area contributed by atoms with Crippen LogP contribution in [-0.4, -0.2) is 30.5 Å². The third-order valence-corrected chi connectivity index (χ3v) is 4.86. The largest absolute Gasteiger partial charge is 0.505 e. The minimum Gasteiger partial charge on any atom is -0.505 e. The lowest BCUT2D eigenvalue weighted by atomic mass is 10.2. The maximum atomic E-state index is 12.2. The van der Waals surface area contributed by atoms with Gasteiger partial charge in [-0.15, -0.1) is 0 Å². The summed E-state index contributed by atoms with van der Waals surface area (Å²) in [7, 11) is -3.93. The van der Waals surface area contributed by atoms with Gasteiger partial charge in [0.25, 0.3) is 5.91 Å². The third kappa shape index (κ3) is 3.76. The van der Waals surface area contributed by atoms with Crippen molar-refractivity contribution in [2.45, 2.75) is 4.90 Å². The van der Waals surface area contributed by atoms with Gasteiger partial charge in [0.05, 0.1) is 20.6 Å². The first-order valence-corrected chi connectivity index (χ1v) is 8.59. The van der Waals surface area contributed by atoms with E-state index >= 15 is 0 Å². The van der Waals surface area contributed by atoms with Crippen LogP contribution in [0.5, 0.6) is 5.75 Å². The Morgan fingerprint density at radius 2 is 1.70 bits per heavy atom. The maximum Gasteiger partial charge on any atom is 0.255 e. The molecule has 0 aliphatic rings. The maximum absolute atomic E-state index is 12.2. The first-order chi connectivity index (χ1) is 10.8. The number of amides is 1. The van der Waals surface area contributed by atoms with Crippen LogP contribution in [0.2, 0.25) is 10.0 Å². The Morgan fingerprint density at radius 1 is 1.13 bits per heavy atom. The Labute approximate surface area is 142 Å². The standard InChI is InChI=1S/C14H11Cl2NO5S/c15-9-5-8(6-10(16)13(9)19)14(20)17-11-3-1-2-4-12(11)23(21,22)7-18/h1-6,18-19H,7H2,(H,17,20). The molecule has 2 aromatic carbocycles. The number of anilines is 1. The van der Waals surface area contributed by atoms with E-state index in [-0.39, 0.29) is 31.9 Å². The predicted molar refractivity (Wildman–Crippen MR) is 86.8 cm³/mol. The van der Waals surface area contributed by atoms with Crippen molar-refractivity contribution in [1.82, 2.24) is 0 Å². The van der Waals surface area contributed by atoms with Crippen LogP contribution in [0.4, 0.5) is 5.69 Å². The third-order valence-electron chi connectivity index (χ3n) is 2.92. The van der Waals surface area contributed by atoms with Gasteiger partial charge in [-0.2, -0.15) is 0 Å². The number of carbonyl (C=O) groups is 1. The Morgan fingerprint density at radius 3 is 2.26 bits per heavy atom. The summed E-state index contributed by atoms with van der Waals surface area (Å²) in [4.78, 5) is 12.0. The lowest BCUT2D eigenvalue weighted by molar-refractivity contribution is 0.102. The monoisotopic (exact) mass is 375 g/mol. The summed E-state index contributed by atoms with van der Waals surface area (Å²) in [5.74, 6) is -2.11. The lowest BCUT2D eigenvalue weighted by Crippen LogP contribution is -2.16. The van der Waals surface area contributed by atoms with Crippen molar-refractivity contribution >= 4 is 44.6 Å². The molecule has 0 unspecified atom stereocenters. The second-order valence-electron chi connectivity index (χ2n) is 4.48. The molecule has 0 fully saturated rings. The number of para-hydroxylation sites is 1. The molecule has 0 aromatic heterocycles. The molecule has 0 aliphatic carbocycles. The van der Waals surface area contributed by atoms with Crippen molar-refractivity contribution in [3.8, 4) is 5.75 Å². The van der Waals surface area contributed by atoms with Gasteiger partial charge in [-0.25, -0.2) is 8.42 Å². The Balaban J connectivity index is 2.39. The summed E-state index contributed by atoms with van der Waals surface area (Å²) in [5, 5.41) is 20.6. The summed E-state index contributed by atoms with van der Waals surface area (Å²) in [6.07, 6.45) is 0. The summed E-state index contributed by atoms with van der Waals surface area (Å²) in [6.45, 7) is 0. The molecule has 1 amide bonds. The van der Waals surface area contributed by atoms with Gasteiger partial charge < -0.3 is 15.5 Å². The zero-order valence-corrected chi connectivity index (χ0v) is 13.8. The molecule has 2 aromatic rings. The molecule has 0 spiro atoms. The van der Waals surface area contributed by atoms with Crippen molar-refractivity contribution in [3.63, 3.8) is 0 Å². The number of hydrogen-bond acceptors (Lipinski definition) is 5. The van der Waals surface area contributed by atoms with Crippen LogP contribution < -0.4 is 5.32 Å². The Hall–Kier alpha value is -1.80. The van der Waals surface area contributed by atoms with E-state index in [4.69, 9.17) is 28.3 Å². The molecule has 0 bridgehead atoms. The van der Waals surface area contributed by atoms with Gasteiger partial charge in [0.2, 0.25) is 9.84 Å². The van der Waals surface area contributed by atoms with Crippen molar-refractivity contribution in [2.75, 3.05) is 11.3 Å². The van der Waals surface area contributed by atoms with E-state index in [0.29, 0.717) is 0 Å². The highest BCUT2D eigenvalue weighted by Crippen LogP contribution is 2.33. The number of phenols is 1. The van der Waals surface area contributed by atoms with E-state index in [9.17, 15) is 18.3 Å². The molecule has 0 saturated heterocycles. The molecular weight excluding hydrogens is 365 g/mol. The molecule has 6 nitrogen and oxygen atoms in total. The fourth-order valence-electron chi connectivity index (χ4n) is 1.80. The van der Waals surface area contributed by atoms with Gasteiger partial charge in [-0.1, -0.05) is 35.3 Å². The number of nitrogens with one attached hydrogen (secondary N) is 1. The Bertz CT molecular complexity index is 844. The van der Waals surface area contributed by atoms with Gasteiger partial charge in [-0.3, -0.25) is 4.79 Å². The molecular formula is C14H11Cl2NO5S. The second kappa shape index (κ2) is 6.76. The topological polar surface area (TPSA) is 104 Å². The van der Waals surface area contributed by atoms with E-state index in [0.717, 1.165) is 0 Å². The molecule has 9 heteroatoms. The smallest absolute Gasteiger partial charge is 0.255 e. The van der Waals surface area contributed by atoms with E-state index in [2.05, 4.69) is 5.32 Å².